The monoisotopic (exact) mass is 179 g/mol. The minimum atomic E-state index is 0.552. The van der Waals surface area contributed by atoms with Crippen LogP contribution in [-0.2, 0) is 0 Å². The van der Waals surface area contributed by atoms with Gasteiger partial charge in [0, 0.05) is 11.4 Å². The summed E-state index contributed by atoms with van der Waals surface area (Å²) in [6.07, 6.45) is 3.35. The van der Waals surface area contributed by atoms with E-state index in [1.54, 1.807) is 12.4 Å². The first-order chi connectivity index (χ1) is 6.13. The second-order valence-corrected chi connectivity index (χ2v) is 2.58. The molecule has 0 fully saturated rings. The van der Waals surface area contributed by atoms with Gasteiger partial charge in [-0.2, -0.15) is 0 Å². The van der Waals surface area contributed by atoms with Crippen molar-refractivity contribution in [2.24, 2.45) is 10.7 Å². The Morgan fingerprint density at radius 2 is 2.23 bits per heavy atom. The number of allylic oxidation sites excluding steroid dienone is 1. The fourth-order valence-corrected chi connectivity index (χ4v) is 0.772. The van der Waals surface area contributed by atoms with Gasteiger partial charge in [-0.25, -0.2) is 0 Å². The Kier molecular flexibility index (Phi) is 5.35. The molecule has 13 heavy (non-hydrogen) atoms. The maximum Gasteiger partial charge on any atom is 0.0788 e. The van der Waals surface area contributed by atoms with Gasteiger partial charge in [0.1, 0.15) is 0 Å². The molecule has 0 aromatic carbocycles. The highest BCUT2D eigenvalue weighted by Gasteiger charge is 2.00. The van der Waals surface area contributed by atoms with Crippen LogP contribution in [0, 0.1) is 0 Å². The highest BCUT2D eigenvalue weighted by molar-refractivity contribution is 5.53. The Labute approximate surface area is 79.7 Å². The first kappa shape index (κ1) is 11.5. The smallest absolute Gasteiger partial charge is 0.0788 e. The van der Waals surface area contributed by atoms with E-state index in [0.29, 0.717) is 12.2 Å². The molecule has 0 aliphatic carbocycles. The normalized spacial score (nSPS) is 12.5. The summed E-state index contributed by atoms with van der Waals surface area (Å²) in [5, 5.41) is 2.99. The lowest BCUT2D eigenvalue weighted by Crippen LogP contribution is -2.13. The maximum atomic E-state index is 5.56. The molecule has 72 valence electrons. The number of nitrogens with one attached hydrogen (secondary N) is 1. The molecular formula is C10H17N3. The van der Waals surface area contributed by atoms with Gasteiger partial charge in [0.05, 0.1) is 6.54 Å². The minimum absolute atomic E-state index is 0.552. The zero-order valence-corrected chi connectivity index (χ0v) is 8.30. The molecular weight excluding hydrogens is 162 g/mol. The van der Waals surface area contributed by atoms with Gasteiger partial charge in [0.15, 0.2) is 0 Å². The standard InChI is InChI=1S/C10H17N3/c1-5-12-7-10(13-6-2)8(3)9(4)11/h5-6,13H,2,4,7,11H2,1,3H3/b10-8+,12-5?. The minimum Gasteiger partial charge on any atom is -0.399 e. The number of aliphatic imine (C=N–C) groups is 1. The lowest BCUT2D eigenvalue weighted by atomic mass is 10.2. The quantitative estimate of drug-likeness (QED) is 0.497. The van der Waals surface area contributed by atoms with Crippen LogP contribution in [0.1, 0.15) is 13.8 Å². The highest BCUT2D eigenvalue weighted by atomic mass is 14.9. The van der Waals surface area contributed by atoms with Crippen LogP contribution in [-0.4, -0.2) is 12.8 Å². The summed E-state index contributed by atoms with van der Waals surface area (Å²) < 4.78 is 0. The summed E-state index contributed by atoms with van der Waals surface area (Å²) in [5.74, 6) is 0. The van der Waals surface area contributed by atoms with Crippen LogP contribution in [0.2, 0.25) is 0 Å². The van der Waals surface area contributed by atoms with E-state index < -0.39 is 0 Å². The van der Waals surface area contributed by atoms with E-state index in [9.17, 15) is 0 Å². The van der Waals surface area contributed by atoms with Gasteiger partial charge < -0.3 is 11.1 Å². The summed E-state index contributed by atoms with van der Waals surface area (Å²) in [6, 6.07) is 0. The fraction of sp³-hybridized carbons (Fsp3) is 0.300. The molecule has 0 heterocycles. The average Bonchev–Trinajstić information content (AvgIpc) is 2.11. The summed E-state index contributed by atoms with van der Waals surface area (Å²) in [7, 11) is 0. The zero-order chi connectivity index (χ0) is 10.3. The Morgan fingerprint density at radius 1 is 1.62 bits per heavy atom. The summed E-state index contributed by atoms with van der Waals surface area (Å²) in [6.45, 7) is 11.6. The van der Waals surface area contributed by atoms with Crippen molar-refractivity contribution in [3.63, 3.8) is 0 Å². The van der Waals surface area contributed by atoms with Crippen LogP contribution < -0.4 is 11.1 Å². The van der Waals surface area contributed by atoms with Crippen molar-refractivity contribution >= 4 is 6.21 Å². The number of hydrogen-bond donors (Lipinski definition) is 2. The topological polar surface area (TPSA) is 50.4 Å². The van der Waals surface area contributed by atoms with Crippen molar-refractivity contribution in [2.75, 3.05) is 6.54 Å². The van der Waals surface area contributed by atoms with E-state index >= 15 is 0 Å². The van der Waals surface area contributed by atoms with E-state index in [1.165, 1.54) is 0 Å². The molecule has 0 bridgehead atoms. The SMILES string of the molecule is C=CN/C(CN=CC)=C(\C)C(=C)N. The molecule has 0 rings (SSSR count). The van der Waals surface area contributed by atoms with E-state index in [-0.39, 0.29) is 0 Å². The predicted molar refractivity (Wildman–Crippen MR) is 58.4 cm³/mol. The number of rotatable bonds is 5. The van der Waals surface area contributed by atoms with Gasteiger partial charge in [-0.15, -0.1) is 0 Å². The van der Waals surface area contributed by atoms with Gasteiger partial charge in [0.25, 0.3) is 0 Å². The molecule has 0 aromatic heterocycles. The van der Waals surface area contributed by atoms with Gasteiger partial charge in [-0.3, -0.25) is 4.99 Å². The number of hydrogen-bond acceptors (Lipinski definition) is 3. The van der Waals surface area contributed by atoms with Gasteiger partial charge in [-0.05, 0) is 31.8 Å². The Balaban J connectivity index is 4.64. The molecule has 0 aliphatic rings. The van der Waals surface area contributed by atoms with Gasteiger partial charge >= 0.3 is 0 Å². The lowest BCUT2D eigenvalue weighted by molar-refractivity contribution is 0.946. The van der Waals surface area contributed by atoms with Crippen LogP contribution in [0.15, 0.2) is 41.3 Å². The van der Waals surface area contributed by atoms with Crippen LogP contribution in [0.5, 0.6) is 0 Å². The lowest BCUT2D eigenvalue weighted by Gasteiger charge is -2.09. The predicted octanol–water partition coefficient (Wildman–Crippen LogP) is 1.56. The third-order valence-corrected chi connectivity index (χ3v) is 1.64. The zero-order valence-electron chi connectivity index (χ0n) is 8.30. The second-order valence-electron chi connectivity index (χ2n) is 2.58. The fourth-order valence-electron chi connectivity index (χ4n) is 0.772. The molecule has 3 heteroatoms. The maximum absolute atomic E-state index is 5.56. The first-order valence-electron chi connectivity index (χ1n) is 4.09. The van der Waals surface area contributed by atoms with Crippen molar-refractivity contribution in [2.45, 2.75) is 13.8 Å². The highest BCUT2D eigenvalue weighted by Crippen LogP contribution is 2.06. The van der Waals surface area contributed by atoms with Crippen LogP contribution >= 0.6 is 0 Å². The van der Waals surface area contributed by atoms with Crippen molar-refractivity contribution < 1.29 is 0 Å². The summed E-state index contributed by atoms with van der Waals surface area (Å²) in [4.78, 5) is 4.10. The van der Waals surface area contributed by atoms with E-state index in [2.05, 4.69) is 23.5 Å². The van der Waals surface area contributed by atoms with Crippen LogP contribution in [0.3, 0.4) is 0 Å². The van der Waals surface area contributed by atoms with E-state index in [1.807, 2.05) is 13.8 Å². The molecule has 0 saturated carbocycles. The number of nitrogens with zero attached hydrogens (tertiary/aromatic N) is 1. The third-order valence-electron chi connectivity index (χ3n) is 1.64. The summed E-state index contributed by atoms with van der Waals surface area (Å²) >= 11 is 0. The molecule has 3 nitrogen and oxygen atoms in total. The molecule has 0 radical (unpaired) electrons. The van der Waals surface area contributed by atoms with Crippen molar-refractivity contribution in [3.05, 3.63) is 36.3 Å². The van der Waals surface area contributed by atoms with E-state index in [4.69, 9.17) is 5.73 Å². The Hall–Kier alpha value is -1.51. The van der Waals surface area contributed by atoms with Crippen molar-refractivity contribution in [1.29, 1.82) is 0 Å². The molecule has 0 amide bonds. The van der Waals surface area contributed by atoms with Crippen molar-refractivity contribution in [3.8, 4) is 0 Å². The second kappa shape index (κ2) is 6.06. The molecule has 0 spiro atoms. The molecule has 0 atom stereocenters. The van der Waals surface area contributed by atoms with Crippen molar-refractivity contribution in [1.82, 2.24) is 5.32 Å². The molecule has 3 N–H and O–H groups in total. The molecule has 0 aliphatic heterocycles. The van der Waals surface area contributed by atoms with Crippen LogP contribution in [0.4, 0.5) is 0 Å². The van der Waals surface area contributed by atoms with Crippen LogP contribution in [0.25, 0.3) is 0 Å². The Bertz CT molecular complexity index is 249. The Morgan fingerprint density at radius 3 is 2.62 bits per heavy atom. The third kappa shape index (κ3) is 4.15. The first-order valence-corrected chi connectivity index (χ1v) is 4.09. The summed E-state index contributed by atoms with van der Waals surface area (Å²) in [5.41, 5.74) is 7.96. The average molecular weight is 179 g/mol. The van der Waals surface area contributed by atoms with Gasteiger partial charge in [0.2, 0.25) is 0 Å². The molecule has 0 saturated heterocycles. The van der Waals surface area contributed by atoms with E-state index in [0.717, 1.165) is 11.3 Å². The number of nitrogens with two attached hydrogens (primary N) is 1. The largest absolute Gasteiger partial charge is 0.399 e. The molecule has 0 unspecified atom stereocenters. The van der Waals surface area contributed by atoms with Gasteiger partial charge in [-0.1, -0.05) is 13.2 Å². The molecule has 0 aromatic rings.